The third-order valence-electron chi connectivity index (χ3n) is 3.78. The summed E-state index contributed by atoms with van der Waals surface area (Å²) in [6.45, 7) is 1.56. The number of alkyl halides is 3. The topological polar surface area (TPSA) is 114 Å². The van der Waals surface area contributed by atoms with E-state index in [-0.39, 0.29) is 27.0 Å². The number of halogens is 3. The van der Waals surface area contributed by atoms with Crippen LogP contribution in [-0.4, -0.2) is 34.9 Å². The number of amides is 1. The quantitative estimate of drug-likeness (QED) is 0.601. The maximum atomic E-state index is 12.8. The average molecular weight is 457 g/mol. The van der Waals surface area contributed by atoms with Gasteiger partial charge >= 0.3 is 6.18 Å². The second-order valence-corrected chi connectivity index (χ2v) is 8.93. The van der Waals surface area contributed by atoms with Gasteiger partial charge in [0.25, 0.3) is 5.91 Å². The third kappa shape index (κ3) is 4.91. The molecule has 0 bridgehead atoms. The van der Waals surface area contributed by atoms with Crippen molar-refractivity contribution in [1.82, 2.24) is 14.3 Å². The fourth-order valence-electron chi connectivity index (χ4n) is 2.40. The third-order valence-corrected chi connectivity index (χ3v) is 5.74. The van der Waals surface area contributed by atoms with Crippen LogP contribution >= 0.6 is 11.5 Å². The summed E-state index contributed by atoms with van der Waals surface area (Å²) in [5.74, 6) is -0.823. The SMILES string of the molecule is Cc1nsc(Nc2cncc(C(F)(F)F)n2)c1C(=O)Nc1cccc(S(C)(=O)=O)c1. The lowest BCUT2D eigenvalue weighted by molar-refractivity contribution is -0.141. The van der Waals surface area contributed by atoms with Crippen LogP contribution in [0.5, 0.6) is 0 Å². The Hall–Kier alpha value is -3.06. The highest BCUT2D eigenvalue weighted by molar-refractivity contribution is 7.90. The van der Waals surface area contributed by atoms with E-state index < -0.39 is 27.6 Å². The van der Waals surface area contributed by atoms with Crippen molar-refractivity contribution in [1.29, 1.82) is 0 Å². The first-order chi connectivity index (χ1) is 13.9. The van der Waals surface area contributed by atoms with Crippen LogP contribution in [0, 0.1) is 6.92 Å². The Kier molecular flexibility index (Phi) is 5.76. The summed E-state index contributed by atoms with van der Waals surface area (Å²) in [6.07, 6.45) is -1.95. The van der Waals surface area contributed by atoms with Crippen LogP contribution in [0.2, 0.25) is 0 Å². The highest BCUT2D eigenvalue weighted by Gasteiger charge is 2.33. The van der Waals surface area contributed by atoms with Crippen LogP contribution in [0.15, 0.2) is 41.6 Å². The minimum absolute atomic E-state index is 0.0260. The molecule has 0 saturated heterocycles. The van der Waals surface area contributed by atoms with Gasteiger partial charge in [-0.05, 0) is 36.7 Å². The highest BCUT2D eigenvalue weighted by Crippen LogP contribution is 2.31. The van der Waals surface area contributed by atoms with Crippen molar-refractivity contribution >= 4 is 43.8 Å². The summed E-state index contributed by atoms with van der Waals surface area (Å²) in [5.41, 5.74) is -0.529. The molecule has 0 atom stereocenters. The number of nitrogens with one attached hydrogen (secondary N) is 2. The number of sulfone groups is 1. The van der Waals surface area contributed by atoms with Crippen LogP contribution in [0.25, 0.3) is 0 Å². The van der Waals surface area contributed by atoms with Gasteiger partial charge in [-0.25, -0.2) is 13.4 Å². The van der Waals surface area contributed by atoms with Crippen LogP contribution in [-0.2, 0) is 16.0 Å². The van der Waals surface area contributed by atoms with Crippen LogP contribution < -0.4 is 10.6 Å². The molecule has 0 aliphatic heterocycles. The van der Waals surface area contributed by atoms with Gasteiger partial charge in [-0.1, -0.05) is 6.07 Å². The van der Waals surface area contributed by atoms with Crippen LogP contribution in [0.4, 0.5) is 29.7 Å². The van der Waals surface area contributed by atoms with E-state index in [1.54, 1.807) is 6.92 Å². The highest BCUT2D eigenvalue weighted by atomic mass is 32.2. The largest absolute Gasteiger partial charge is 0.434 e. The minimum atomic E-state index is -4.67. The van der Waals surface area contributed by atoms with Gasteiger partial charge in [-0.3, -0.25) is 9.78 Å². The molecule has 1 amide bonds. The van der Waals surface area contributed by atoms with E-state index in [4.69, 9.17) is 0 Å². The number of anilines is 3. The monoisotopic (exact) mass is 457 g/mol. The number of benzene rings is 1. The molecular weight excluding hydrogens is 443 g/mol. The van der Waals surface area contributed by atoms with Crippen molar-refractivity contribution in [3.63, 3.8) is 0 Å². The van der Waals surface area contributed by atoms with Gasteiger partial charge in [0.15, 0.2) is 15.5 Å². The van der Waals surface area contributed by atoms with Crippen molar-refractivity contribution in [2.75, 3.05) is 16.9 Å². The molecule has 3 aromatic rings. The molecule has 30 heavy (non-hydrogen) atoms. The van der Waals surface area contributed by atoms with Crippen LogP contribution in [0.3, 0.4) is 0 Å². The Balaban J connectivity index is 1.87. The van der Waals surface area contributed by atoms with E-state index >= 15 is 0 Å². The van der Waals surface area contributed by atoms with E-state index in [0.717, 1.165) is 24.0 Å². The smallest absolute Gasteiger partial charge is 0.329 e. The van der Waals surface area contributed by atoms with Crippen molar-refractivity contribution in [3.8, 4) is 0 Å². The zero-order chi connectivity index (χ0) is 22.1. The molecule has 3 rings (SSSR count). The maximum Gasteiger partial charge on any atom is 0.434 e. The van der Waals surface area contributed by atoms with E-state index in [1.807, 2.05) is 0 Å². The standard InChI is InChI=1S/C17H14F3N5O3S2/c1-9-14(15(26)22-10-4-3-5-11(6-10)30(2,27)28)16(29-25-9)24-13-8-21-7-12(23-13)17(18,19)20/h3-8H,1-2H3,(H,22,26)(H,23,24). The lowest BCUT2D eigenvalue weighted by Gasteiger charge is -2.10. The Morgan fingerprint density at radius 2 is 1.93 bits per heavy atom. The Bertz CT molecular complexity index is 1210. The van der Waals surface area contributed by atoms with E-state index in [0.29, 0.717) is 11.9 Å². The molecule has 0 fully saturated rings. The van der Waals surface area contributed by atoms with Gasteiger partial charge in [-0.2, -0.15) is 17.5 Å². The predicted molar refractivity (Wildman–Crippen MR) is 105 cm³/mol. The number of aryl methyl sites for hydroxylation is 1. The van der Waals surface area contributed by atoms with Crippen molar-refractivity contribution in [2.45, 2.75) is 18.0 Å². The molecule has 0 radical (unpaired) electrons. The zero-order valence-electron chi connectivity index (χ0n) is 15.5. The molecule has 0 aliphatic rings. The lowest BCUT2D eigenvalue weighted by atomic mass is 10.2. The Morgan fingerprint density at radius 1 is 1.20 bits per heavy atom. The number of aromatic nitrogens is 3. The number of hydrogen-bond donors (Lipinski definition) is 2. The Labute approximate surface area is 173 Å². The minimum Gasteiger partial charge on any atom is -0.329 e. The first kappa shape index (κ1) is 21.6. The second-order valence-electron chi connectivity index (χ2n) is 6.14. The van der Waals surface area contributed by atoms with Gasteiger partial charge in [0.05, 0.1) is 28.5 Å². The van der Waals surface area contributed by atoms with Gasteiger partial charge < -0.3 is 10.6 Å². The first-order valence-electron chi connectivity index (χ1n) is 8.19. The van der Waals surface area contributed by atoms with Crippen molar-refractivity contribution < 1.29 is 26.4 Å². The van der Waals surface area contributed by atoms with Crippen molar-refractivity contribution in [3.05, 3.63) is 53.6 Å². The van der Waals surface area contributed by atoms with Crippen LogP contribution in [0.1, 0.15) is 21.7 Å². The zero-order valence-corrected chi connectivity index (χ0v) is 17.1. The molecule has 13 heteroatoms. The predicted octanol–water partition coefficient (Wildman–Crippen LogP) is 3.66. The lowest BCUT2D eigenvalue weighted by Crippen LogP contribution is -2.15. The Morgan fingerprint density at radius 3 is 2.60 bits per heavy atom. The molecule has 0 saturated carbocycles. The molecule has 0 unspecified atom stereocenters. The van der Waals surface area contributed by atoms with Crippen molar-refractivity contribution in [2.24, 2.45) is 0 Å². The number of carbonyl (C=O) groups is 1. The molecule has 2 heterocycles. The number of rotatable bonds is 5. The molecule has 2 aromatic heterocycles. The molecular formula is C17H14F3N5O3S2. The summed E-state index contributed by atoms with van der Waals surface area (Å²) in [6, 6.07) is 5.67. The fourth-order valence-corrected chi connectivity index (χ4v) is 3.87. The molecule has 0 spiro atoms. The summed E-state index contributed by atoms with van der Waals surface area (Å²) >= 11 is 0.864. The van der Waals surface area contributed by atoms with E-state index in [1.165, 1.54) is 24.3 Å². The summed E-state index contributed by atoms with van der Waals surface area (Å²) < 4.78 is 65.9. The second kappa shape index (κ2) is 7.99. The fraction of sp³-hybridized carbons (Fsp3) is 0.176. The molecule has 2 N–H and O–H groups in total. The average Bonchev–Trinajstić information content (AvgIpc) is 3.01. The summed E-state index contributed by atoms with van der Waals surface area (Å²) in [7, 11) is -3.47. The van der Waals surface area contributed by atoms with Gasteiger partial charge in [0.2, 0.25) is 0 Å². The molecule has 0 aliphatic carbocycles. The first-order valence-corrected chi connectivity index (χ1v) is 10.9. The molecule has 1 aromatic carbocycles. The van der Waals surface area contributed by atoms with E-state index in [2.05, 4.69) is 25.0 Å². The number of hydrogen-bond acceptors (Lipinski definition) is 8. The molecule has 158 valence electrons. The van der Waals surface area contributed by atoms with Gasteiger partial charge in [0, 0.05) is 11.9 Å². The maximum absolute atomic E-state index is 12.8. The number of nitrogens with zero attached hydrogens (tertiary/aromatic N) is 3. The normalized spacial score (nSPS) is 11.9. The summed E-state index contributed by atoms with van der Waals surface area (Å²) in [5, 5.41) is 5.37. The summed E-state index contributed by atoms with van der Waals surface area (Å²) in [4.78, 5) is 19.7. The molecule has 8 nitrogen and oxygen atoms in total. The van der Waals surface area contributed by atoms with Gasteiger partial charge in [0.1, 0.15) is 10.8 Å². The van der Waals surface area contributed by atoms with E-state index in [9.17, 15) is 26.4 Å². The van der Waals surface area contributed by atoms with Gasteiger partial charge in [-0.15, -0.1) is 0 Å². The number of carbonyl (C=O) groups excluding carboxylic acids is 1.